The highest BCUT2D eigenvalue weighted by molar-refractivity contribution is 6.30. The molecule has 0 spiro atoms. The van der Waals surface area contributed by atoms with Crippen LogP contribution in [-0.4, -0.2) is 60.3 Å². The summed E-state index contributed by atoms with van der Waals surface area (Å²) in [5.74, 6) is 2.21. The minimum absolute atomic E-state index is 0.0202. The fraction of sp³-hybridized carbons (Fsp3) is 0.389. The predicted molar refractivity (Wildman–Crippen MR) is 102 cm³/mol. The van der Waals surface area contributed by atoms with E-state index in [1.165, 1.54) is 0 Å². The molecule has 2 heterocycles. The molecule has 3 rings (SSSR count). The molecule has 2 aromatic rings. The second-order valence-corrected chi connectivity index (χ2v) is 6.35. The van der Waals surface area contributed by atoms with Crippen molar-refractivity contribution in [2.45, 2.75) is 6.92 Å². The monoisotopic (exact) mass is 375 g/mol. The summed E-state index contributed by atoms with van der Waals surface area (Å²) in [6.07, 6.45) is 0. The molecule has 1 fully saturated rings. The van der Waals surface area contributed by atoms with Crippen molar-refractivity contribution < 1.29 is 9.53 Å². The molecule has 8 heteroatoms. The minimum atomic E-state index is -0.0202. The van der Waals surface area contributed by atoms with Crippen molar-refractivity contribution in [3.63, 3.8) is 0 Å². The molecule has 26 heavy (non-hydrogen) atoms. The lowest BCUT2D eigenvalue weighted by atomic mass is 10.3. The van der Waals surface area contributed by atoms with Crippen LogP contribution in [0.15, 0.2) is 36.4 Å². The average Bonchev–Trinajstić information content (AvgIpc) is 2.68. The zero-order valence-electron chi connectivity index (χ0n) is 14.7. The van der Waals surface area contributed by atoms with E-state index in [1.807, 2.05) is 24.0 Å². The molecule has 0 radical (unpaired) electrons. The summed E-state index contributed by atoms with van der Waals surface area (Å²) in [6.45, 7) is 5.58. The van der Waals surface area contributed by atoms with Gasteiger partial charge in [-0.3, -0.25) is 4.79 Å². The molecule has 0 aliphatic carbocycles. The number of carbonyl (C=O) groups excluding carboxylic acids is 1. The van der Waals surface area contributed by atoms with Crippen LogP contribution in [0.3, 0.4) is 0 Å². The van der Waals surface area contributed by atoms with Gasteiger partial charge in [-0.05, 0) is 43.3 Å². The van der Waals surface area contributed by atoms with Crippen LogP contribution in [-0.2, 0) is 4.79 Å². The Balaban J connectivity index is 1.46. The Kier molecular flexibility index (Phi) is 6.12. The zero-order valence-corrected chi connectivity index (χ0v) is 15.4. The molecule has 138 valence electrons. The van der Waals surface area contributed by atoms with Crippen molar-refractivity contribution in [3.05, 3.63) is 41.4 Å². The molecule has 0 atom stereocenters. The zero-order chi connectivity index (χ0) is 18.4. The number of piperazine rings is 1. The van der Waals surface area contributed by atoms with E-state index in [1.54, 1.807) is 24.3 Å². The summed E-state index contributed by atoms with van der Waals surface area (Å²) in [5.41, 5.74) is 0. The third-order valence-electron chi connectivity index (χ3n) is 4.14. The Morgan fingerprint density at radius 2 is 1.85 bits per heavy atom. The number of anilines is 2. The lowest BCUT2D eigenvalue weighted by Gasteiger charge is -2.35. The molecule has 1 aliphatic rings. The van der Waals surface area contributed by atoms with E-state index < -0.39 is 0 Å². The van der Waals surface area contributed by atoms with Crippen molar-refractivity contribution in [1.29, 1.82) is 0 Å². The Bertz CT molecular complexity index is 715. The van der Waals surface area contributed by atoms with Gasteiger partial charge in [0.25, 0.3) is 5.91 Å². The topological polar surface area (TPSA) is 70.6 Å². The molecule has 7 nitrogen and oxygen atoms in total. The van der Waals surface area contributed by atoms with Crippen LogP contribution < -0.4 is 15.0 Å². The van der Waals surface area contributed by atoms with Gasteiger partial charge in [0, 0.05) is 37.7 Å². The largest absolute Gasteiger partial charge is 0.484 e. The second kappa shape index (κ2) is 8.71. The third-order valence-corrected chi connectivity index (χ3v) is 4.39. The van der Waals surface area contributed by atoms with Gasteiger partial charge in [-0.1, -0.05) is 11.6 Å². The SMILES string of the molecule is CCNc1ccc(N2CCN(C(=O)COc3ccc(Cl)cc3)CC2)nn1. The van der Waals surface area contributed by atoms with Gasteiger partial charge in [-0.15, -0.1) is 10.2 Å². The van der Waals surface area contributed by atoms with Crippen molar-refractivity contribution in [2.75, 3.05) is 49.5 Å². The number of hydrogen-bond donors (Lipinski definition) is 1. The Hall–Kier alpha value is -2.54. The van der Waals surface area contributed by atoms with E-state index in [4.69, 9.17) is 16.3 Å². The smallest absolute Gasteiger partial charge is 0.260 e. The van der Waals surface area contributed by atoms with Gasteiger partial charge in [0.05, 0.1) is 0 Å². The summed E-state index contributed by atoms with van der Waals surface area (Å²) in [6, 6.07) is 10.9. The van der Waals surface area contributed by atoms with Crippen molar-refractivity contribution in [2.24, 2.45) is 0 Å². The van der Waals surface area contributed by atoms with Crippen LogP contribution in [0, 0.1) is 0 Å². The maximum Gasteiger partial charge on any atom is 0.260 e. The van der Waals surface area contributed by atoms with E-state index >= 15 is 0 Å². The lowest BCUT2D eigenvalue weighted by Crippen LogP contribution is -2.50. The van der Waals surface area contributed by atoms with Gasteiger partial charge >= 0.3 is 0 Å². The quantitative estimate of drug-likeness (QED) is 0.835. The van der Waals surface area contributed by atoms with Gasteiger partial charge in [-0.25, -0.2) is 0 Å². The van der Waals surface area contributed by atoms with Crippen LogP contribution in [0.5, 0.6) is 5.75 Å². The molecule has 0 saturated carbocycles. The van der Waals surface area contributed by atoms with E-state index in [2.05, 4.69) is 20.4 Å². The molecule has 1 amide bonds. The molecule has 0 unspecified atom stereocenters. The first-order valence-corrected chi connectivity index (χ1v) is 9.02. The first-order chi connectivity index (χ1) is 12.7. The number of nitrogens with zero attached hydrogens (tertiary/aromatic N) is 4. The maximum absolute atomic E-state index is 12.3. The van der Waals surface area contributed by atoms with Crippen molar-refractivity contribution >= 4 is 29.1 Å². The molecular formula is C18H22ClN5O2. The molecule has 1 aromatic heterocycles. The Morgan fingerprint density at radius 3 is 2.46 bits per heavy atom. The molecule has 1 saturated heterocycles. The molecular weight excluding hydrogens is 354 g/mol. The van der Waals surface area contributed by atoms with Crippen molar-refractivity contribution in [1.82, 2.24) is 15.1 Å². The van der Waals surface area contributed by atoms with Crippen molar-refractivity contribution in [3.8, 4) is 5.75 Å². The van der Waals surface area contributed by atoms with Gasteiger partial charge in [0.2, 0.25) is 0 Å². The molecule has 1 N–H and O–H groups in total. The number of ether oxygens (including phenoxy) is 1. The normalized spacial score (nSPS) is 14.2. The van der Waals surface area contributed by atoms with Gasteiger partial charge < -0.3 is 19.9 Å². The fourth-order valence-corrected chi connectivity index (χ4v) is 2.85. The number of hydrogen-bond acceptors (Lipinski definition) is 6. The highest BCUT2D eigenvalue weighted by Crippen LogP contribution is 2.17. The standard InChI is InChI=1S/C18H22ClN5O2/c1-2-20-16-7-8-17(22-21-16)23-9-11-24(12-10-23)18(25)13-26-15-5-3-14(19)4-6-15/h3-8H,2,9-13H2,1H3,(H,20,21). The van der Waals surface area contributed by atoms with Crippen LogP contribution in [0.2, 0.25) is 5.02 Å². The summed E-state index contributed by atoms with van der Waals surface area (Å²) in [4.78, 5) is 16.3. The second-order valence-electron chi connectivity index (χ2n) is 5.92. The van der Waals surface area contributed by atoms with Crippen LogP contribution in [0.1, 0.15) is 6.92 Å². The summed E-state index contributed by atoms with van der Waals surface area (Å²) in [7, 11) is 0. The summed E-state index contributed by atoms with van der Waals surface area (Å²) < 4.78 is 5.53. The fourth-order valence-electron chi connectivity index (χ4n) is 2.72. The van der Waals surface area contributed by atoms with Gasteiger partial charge in [0.1, 0.15) is 11.6 Å². The van der Waals surface area contributed by atoms with E-state index in [0.717, 1.165) is 31.3 Å². The van der Waals surface area contributed by atoms with E-state index in [0.29, 0.717) is 23.9 Å². The number of rotatable bonds is 6. The minimum Gasteiger partial charge on any atom is -0.484 e. The third kappa shape index (κ3) is 4.76. The van der Waals surface area contributed by atoms with Gasteiger partial charge in [0.15, 0.2) is 12.4 Å². The van der Waals surface area contributed by atoms with Gasteiger partial charge in [-0.2, -0.15) is 0 Å². The summed E-state index contributed by atoms with van der Waals surface area (Å²) in [5, 5.41) is 12.2. The number of halogens is 1. The lowest BCUT2D eigenvalue weighted by molar-refractivity contribution is -0.133. The van der Waals surface area contributed by atoms with E-state index in [-0.39, 0.29) is 12.5 Å². The van der Waals surface area contributed by atoms with Crippen LogP contribution in [0.25, 0.3) is 0 Å². The maximum atomic E-state index is 12.3. The number of aromatic nitrogens is 2. The first kappa shape index (κ1) is 18.3. The molecule has 1 aromatic carbocycles. The number of carbonyl (C=O) groups is 1. The highest BCUT2D eigenvalue weighted by Gasteiger charge is 2.22. The first-order valence-electron chi connectivity index (χ1n) is 8.64. The highest BCUT2D eigenvalue weighted by atomic mass is 35.5. The van der Waals surface area contributed by atoms with E-state index in [9.17, 15) is 4.79 Å². The molecule has 1 aliphatic heterocycles. The Labute approximate surface area is 157 Å². The average molecular weight is 376 g/mol. The molecule has 0 bridgehead atoms. The summed E-state index contributed by atoms with van der Waals surface area (Å²) >= 11 is 5.84. The number of amides is 1. The van der Waals surface area contributed by atoms with Crippen LogP contribution >= 0.6 is 11.6 Å². The predicted octanol–water partition coefficient (Wildman–Crippen LogP) is 2.29. The number of nitrogens with one attached hydrogen (secondary N) is 1. The number of benzene rings is 1. The Morgan fingerprint density at radius 1 is 1.12 bits per heavy atom. The van der Waals surface area contributed by atoms with Crippen LogP contribution in [0.4, 0.5) is 11.6 Å².